The van der Waals surface area contributed by atoms with Crippen molar-refractivity contribution in [2.45, 2.75) is 31.8 Å². The summed E-state index contributed by atoms with van der Waals surface area (Å²) in [5.41, 5.74) is 1.19. The molecule has 1 atom stereocenters. The highest BCUT2D eigenvalue weighted by molar-refractivity contribution is 6.30. The Morgan fingerprint density at radius 3 is 2.72 bits per heavy atom. The Morgan fingerprint density at radius 2 is 2.11 bits per heavy atom. The SMILES string of the molecule is CC1(C)CN(c2ccc(Cl)cc2)C(CC#N)CN1. The zero-order valence-electron chi connectivity index (χ0n) is 10.8. The van der Waals surface area contributed by atoms with E-state index in [-0.39, 0.29) is 11.6 Å². The predicted octanol–water partition coefficient (Wildman–Crippen LogP) is 2.81. The van der Waals surface area contributed by atoms with Gasteiger partial charge in [0.15, 0.2) is 0 Å². The molecule has 1 unspecified atom stereocenters. The van der Waals surface area contributed by atoms with E-state index in [1.165, 1.54) is 0 Å². The molecule has 1 aliphatic heterocycles. The molecule has 2 rings (SSSR count). The van der Waals surface area contributed by atoms with Crippen LogP contribution in [0.1, 0.15) is 20.3 Å². The number of hydrogen-bond acceptors (Lipinski definition) is 3. The molecule has 1 fully saturated rings. The highest BCUT2D eigenvalue weighted by atomic mass is 35.5. The van der Waals surface area contributed by atoms with Gasteiger partial charge in [-0.3, -0.25) is 0 Å². The summed E-state index contributed by atoms with van der Waals surface area (Å²) in [6, 6.07) is 10.3. The number of nitrogens with one attached hydrogen (secondary N) is 1. The van der Waals surface area contributed by atoms with Gasteiger partial charge >= 0.3 is 0 Å². The minimum Gasteiger partial charge on any atom is -0.364 e. The van der Waals surface area contributed by atoms with Crippen molar-refractivity contribution >= 4 is 17.3 Å². The lowest BCUT2D eigenvalue weighted by atomic mass is 9.97. The van der Waals surface area contributed by atoms with E-state index in [1.54, 1.807) is 0 Å². The van der Waals surface area contributed by atoms with E-state index in [9.17, 15) is 0 Å². The van der Waals surface area contributed by atoms with Gasteiger partial charge in [0, 0.05) is 29.3 Å². The summed E-state index contributed by atoms with van der Waals surface area (Å²) in [4.78, 5) is 2.30. The van der Waals surface area contributed by atoms with Gasteiger partial charge in [-0.25, -0.2) is 0 Å². The van der Waals surface area contributed by atoms with E-state index in [4.69, 9.17) is 16.9 Å². The Morgan fingerprint density at radius 1 is 1.44 bits per heavy atom. The van der Waals surface area contributed by atoms with Crippen molar-refractivity contribution in [2.24, 2.45) is 0 Å². The second-order valence-electron chi connectivity index (χ2n) is 5.39. The maximum atomic E-state index is 8.93. The first-order valence-electron chi connectivity index (χ1n) is 6.16. The van der Waals surface area contributed by atoms with Crippen LogP contribution in [0.2, 0.25) is 5.02 Å². The second-order valence-corrected chi connectivity index (χ2v) is 5.82. The lowest BCUT2D eigenvalue weighted by Crippen LogP contribution is -2.61. The predicted molar refractivity (Wildman–Crippen MR) is 74.9 cm³/mol. The number of anilines is 1. The summed E-state index contributed by atoms with van der Waals surface area (Å²) in [5.74, 6) is 0. The van der Waals surface area contributed by atoms with Gasteiger partial charge in [-0.15, -0.1) is 0 Å². The van der Waals surface area contributed by atoms with Gasteiger partial charge in [-0.2, -0.15) is 5.26 Å². The van der Waals surface area contributed by atoms with Crippen LogP contribution in [-0.2, 0) is 0 Å². The van der Waals surface area contributed by atoms with Crippen LogP contribution in [0.15, 0.2) is 24.3 Å². The Hall–Kier alpha value is -1.24. The van der Waals surface area contributed by atoms with Crippen LogP contribution in [0.4, 0.5) is 5.69 Å². The quantitative estimate of drug-likeness (QED) is 0.892. The number of nitrogens with zero attached hydrogens (tertiary/aromatic N) is 2. The number of piperazine rings is 1. The monoisotopic (exact) mass is 263 g/mol. The first kappa shape index (κ1) is 13.2. The fraction of sp³-hybridized carbons (Fsp3) is 0.500. The van der Waals surface area contributed by atoms with Gasteiger partial charge in [0.1, 0.15) is 0 Å². The average molecular weight is 264 g/mol. The molecule has 0 bridgehead atoms. The smallest absolute Gasteiger partial charge is 0.0643 e. The van der Waals surface area contributed by atoms with Crippen LogP contribution in [0.25, 0.3) is 0 Å². The molecule has 3 nitrogen and oxygen atoms in total. The summed E-state index contributed by atoms with van der Waals surface area (Å²) in [5, 5.41) is 13.2. The van der Waals surface area contributed by atoms with Crippen molar-refractivity contribution in [1.82, 2.24) is 5.32 Å². The van der Waals surface area contributed by atoms with Gasteiger partial charge in [-0.05, 0) is 38.1 Å². The summed E-state index contributed by atoms with van der Waals surface area (Å²) in [6.45, 7) is 6.08. The Labute approximate surface area is 113 Å². The highest BCUT2D eigenvalue weighted by Gasteiger charge is 2.32. The first-order valence-corrected chi connectivity index (χ1v) is 6.54. The number of hydrogen-bond donors (Lipinski definition) is 1. The van der Waals surface area contributed by atoms with Crippen LogP contribution in [0, 0.1) is 11.3 Å². The number of benzene rings is 1. The standard InChI is InChI=1S/C14H18ClN3/c1-14(2)10-18(13(7-8-16)9-17-14)12-5-3-11(15)4-6-12/h3-6,13,17H,7,9-10H2,1-2H3. The molecule has 1 aliphatic rings. The third-order valence-electron chi connectivity index (χ3n) is 3.31. The zero-order valence-corrected chi connectivity index (χ0v) is 11.5. The van der Waals surface area contributed by atoms with Crippen molar-refractivity contribution in [3.63, 3.8) is 0 Å². The Kier molecular flexibility index (Phi) is 3.79. The van der Waals surface area contributed by atoms with Gasteiger partial charge in [0.2, 0.25) is 0 Å². The lowest BCUT2D eigenvalue weighted by Gasteiger charge is -2.45. The van der Waals surface area contributed by atoms with E-state index in [1.807, 2.05) is 24.3 Å². The molecule has 1 saturated heterocycles. The second kappa shape index (κ2) is 5.17. The van der Waals surface area contributed by atoms with Crippen molar-refractivity contribution in [3.05, 3.63) is 29.3 Å². The molecule has 1 aromatic carbocycles. The highest BCUT2D eigenvalue weighted by Crippen LogP contribution is 2.26. The molecule has 0 spiro atoms. The molecule has 4 heteroatoms. The number of rotatable bonds is 2. The molecular weight excluding hydrogens is 246 g/mol. The molecule has 1 heterocycles. The zero-order chi connectivity index (χ0) is 13.2. The topological polar surface area (TPSA) is 39.1 Å². The minimum atomic E-state index is 0.0611. The maximum Gasteiger partial charge on any atom is 0.0643 e. The fourth-order valence-corrected chi connectivity index (χ4v) is 2.46. The largest absolute Gasteiger partial charge is 0.364 e. The third kappa shape index (κ3) is 2.95. The van der Waals surface area contributed by atoms with Crippen LogP contribution in [0.5, 0.6) is 0 Å². The van der Waals surface area contributed by atoms with Gasteiger partial charge in [-0.1, -0.05) is 11.6 Å². The van der Waals surface area contributed by atoms with Gasteiger partial charge in [0.25, 0.3) is 0 Å². The van der Waals surface area contributed by atoms with Crippen LogP contribution >= 0.6 is 11.6 Å². The molecule has 1 aromatic rings. The van der Waals surface area contributed by atoms with Crippen molar-refractivity contribution in [2.75, 3.05) is 18.0 Å². The van der Waals surface area contributed by atoms with Crippen molar-refractivity contribution < 1.29 is 0 Å². The van der Waals surface area contributed by atoms with Crippen LogP contribution in [-0.4, -0.2) is 24.7 Å². The summed E-state index contributed by atoms with van der Waals surface area (Å²) < 4.78 is 0. The fourth-order valence-electron chi connectivity index (χ4n) is 2.34. The van der Waals surface area contributed by atoms with Crippen molar-refractivity contribution in [1.29, 1.82) is 5.26 Å². The van der Waals surface area contributed by atoms with E-state index in [2.05, 4.69) is 30.1 Å². The number of halogens is 1. The van der Waals surface area contributed by atoms with E-state index in [0.29, 0.717) is 6.42 Å². The molecule has 0 aromatic heterocycles. The van der Waals surface area contributed by atoms with E-state index < -0.39 is 0 Å². The summed E-state index contributed by atoms with van der Waals surface area (Å²) >= 11 is 5.92. The van der Waals surface area contributed by atoms with E-state index >= 15 is 0 Å². The molecule has 96 valence electrons. The molecule has 0 amide bonds. The molecule has 0 aliphatic carbocycles. The Bertz CT molecular complexity index is 447. The normalized spacial score (nSPS) is 22.6. The third-order valence-corrected chi connectivity index (χ3v) is 3.56. The van der Waals surface area contributed by atoms with Crippen LogP contribution in [0.3, 0.4) is 0 Å². The first-order chi connectivity index (χ1) is 8.52. The molecular formula is C14H18ClN3. The van der Waals surface area contributed by atoms with Gasteiger partial charge in [0.05, 0.1) is 18.5 Å². The van der Waals surface area contributed by atoms with Gasteiger partial charge < -0.3 is 10.2 Å². The minimum absolute atomic E-state index is 0.0611. The summed E-state index contributed by atoms with van der Waals surface area (Å²) in [6.07, 6.45) is 0.533. The lowest BCUT2D eigenvalue weighted by molar-refractivity contribution is 0.311. The molecule has 0 saturated carbocycles. The van der Waals surface area contributed by atoms with E-state index in [0.717, 1.165) is 23.8 Å². The maximum absolute atomic E-state index is 8.93. The Balaban J connectivity index is 2.24. The molecule has 1 N–H and O–H groups in total. The molecule has 18 heavy (non-hydrogen) atoms. The summed E-state index contributed by atoms with van der Waals surface area (Å²) in [7, 11) is 0. The average Bonchev–Trinajstić information content (AvgIpc) is 2.32. The molecule has 0 radical (unpaired) electrons. The number of nitriles is 1. The van der Waals surface area contributed by atoms with Crippen LogP contribution < -0.4 is 10.2 Å². The van der Waals surface area contributed by atoms with Crippen molar-refractivity contribution in [3.8, 4) is 6.07 Å².